The zero-order chi connectivity index (χ0) is 16.2. The van der Waals surface area contributed by atoms with Crippen molar-refractivity contribution in [2.75, 3.05) is 12.4 Å². The predicted octanol–water partition coefficient (Wildman–Crippen LogP) is 4.75. The number of anilines is 1. The quantitative estimate of drug-likeness (QED) is 0.810. The van der Waals surface area contributed by atoms with Crippen molar-refractivity contribution in [2.24, 2.45) is 0 Å². The highest BCUT2D eigenvalue weighted by Gasteiger charge is 2.27. The molecule has 3 nitrogen and oxygen atoms in total. The Bertz CT molecular complexity index is 744. The third-order valence-electron chi connectivity index (χ3n) is 4.19. The van der Waals surface area contributed by atoms with Gasteiger partial charge in [-0.2, -0.15) is 0 Å². The fourth-order valence-corrected chi connectivity index (χ4v) is 2.98. The van der Waals surface area contributed by atoms with Crippen LogP contribution in [-0.4, -0.2) is 13.0 Å². The van der Waals surface area contributed by atoms with Crippen LogP contribution in [0.1, 0.15) is 37.3 Å². The molecule has 1 N–H and O–H groups in total. The van der Waals surface area contributed by atoms with Gasteiger partial charge in [-0.15, -0.1) is 0 Å². The Kier molecular flexibility index (Phi) is 4.47. The highest BCUT2D eigenvalue weighted by Crippen LogP contribution is 2.39. The van der Waals surface area contributed by atoms with E-state index in [1.54, 1.807) is 7.11 Å². The lowest BCUT2D eigenvalue weighted by Crippen LogP contribution is -2.06. The molecule has 0 aromatic heterocycles. The molecule has 2 aromatic carbocycles. The highest BCUT2D eigenvalue weighted by atomic mass is 16.5. The maximum Gasteiger partial charge on any atom is 0.256 e. The van der Waals surface area contributed by atoms with Gasteiger partial charge in [0.2, 0.25) is 0 Å². The molecule has 1 amide bonds. The van der Waals surface area contributed by atoms with Crippen molar-refractivity contribution in [3.05, 3.63) is 59.7 Å². The number of amides is 1. The summed E-state index contributed by atoms with van der Waals surface area (Å²) in [6.07, 6.45) is 3.04. The Labute approximate surface area is 137 Å². The zero-order valence-electron chi connectivity index (χ0n) is 13.6. The van der Waals surface area contributed by atoms with Gasteiger partial charge in [0.25, 0.3) is 5.91 Å². The minimum Gasteiger partial charge on any atom is -0.497 e. The molecular formula is C20H21NO2. The fraction of sp³-hybridized carbons (Fsp3) is 0.250. The van der Waals surface area contributed by atoms with Crippen molar-refractivity contribution in [3.63, 3.8) is 0 Å². The van der Waals surface area contributed by atoms with E-state index >= 15 is 0 Å². The van der Waals surface area contributed by atoms with Crippen molar-refractivity contribution < 1.29 is 9.53 Å². The lowest BCUT2D eigenvalue weighted by Gasteiger charge is -2.12. The number of para-hydroxylation sites is 1. The van der Waals surface area contributed by atoms with Crippen molar-refractivity contribution in [3.8, 4) is 5.75 Å². The van der Waals surface area contributed by atoms with Gasteiger partial charge in [-0.05, 0) is 42.2 Å². The second-order valence-corrected chi connectivity index (χ2v) is 5.69. The Morgan fingerprint density at radius 3 is 2.52 bits per heavy atom. The third kappa shape index (κ3) is 3.00. The number of rotatable bonds is 5. The molecule has 0 spiro atoms. The van der Waals surface area contributed by atoms with E-state index in [4.69, 9.17) is 4.74 Å². The predicted molar refractivity (Wildman–Crippen MR) is 94.4 cm³/mol. The van der Waals surface area contributed by atoms with Gasteiger partial charge in [-0.25, -0.2) is 0 Å². The Morgan fingerprint density at radius 1 is 1.09 bits per heavy atom. The van der Waals surface area contributed by atoms with Gasteiger partial charge in [0.05, 0.1) is 12.7 Å². The van der Waals surface area contributed by atoms with E-state index in [0.717, 1.165) is 53.0 Å². The number of allylic oxidation sites excluding steroid dienone is 1. The van der Waals surface area contributed by atoms with Gasteiger partial charge < -0.3 is 10.1 Å². The Balaban J connectivity index is 2.12. The van der Waals surface area contributed by atoms with Crippen LogP contribution < -0.4 is 10.1 Å². The largest absolute Gasteiger partial charge is 0.497 e. The summed E-state index contributed by atoms with van der Waals surface area (Å²) in [4.78, 5) is 12.5. The van der Waals surface area contributed by atoms with E-state index in [9.17, 15) is 4.79 Å². The average Bonchev–Trinajstić information content (AvgIpc) is 2.92. The first-order valence-electron chi connectivity index (χ1n) is 8.03. The summed E-state index contributed by atoms with van der Waals surface area (Å²) in [5.74, 6) is 0.818. The van der Waals surface area contributed by atoms with Gasteiger partial charge in [0, 0.05) is 11.3 Å². The number of nitrogens with one attached hydrogen (secondary N) is 1. The Morgan fingerprint density at radius 2 is 1.83 bits per heavy atom. The third-order valence-corrected chi connectivity index (χ3v) is 4.19. The molecule has 0 saturated carbocycles. The van der Waals surface area contributed by atoms with E-state index in [1.807, 2.05) is 48.5 Å². The summed E-state index contributed by atoms with van der Waals surface area (Å²) >= 11 is 0. The summed E-state index contributed by atoms with van der Waals surface area (Å²) in [5, 5.41) is 2.98. The number of hydrogen-bond acceptors (Lipinski definition) is 2. The number of benzene rings is 2. The molecule has 0 radical (unpaired) electrons. The molecule has 1 heterocycles. The van der Waals surface area contributed by atoms with Crippen molar-refractivity contribution in [2.45, 2.75) is 26.2 Å². The van der Waals surface area contributed by atoms with Crippen LogP contribution in [0.15, 0.2) is 48.5 Å². The van der Waals surface area contributed by atoms with E-state index < -0.39 is 0 Å². The first-order valence-corrected chi connectivity index (χ1v) is 8.03. The molecule has 1 aliphatic heterocycles. The minimum absolute atomic E-state index is 0.00637. The normalized spacial score (nSPS) is 15.1. The second kappa shape index (κ2) is 6.69. The first kappa shape index (κ1) is 15.3. The SMILES string of the molecule is CCCC/C(=C1\C(=O)Nc2ccccc21)c1ccc(OC)cc1. The monoisotopic (exact) mass is 307 g/mol. The van der Waals surface area contributed by atoms with Crippen LogP contribution in [-0.2, 0) is 4.79 Å². The number of carbonyl (C=O) groups excluding carboxylic acids is 1. The summed E-state index contributed by atoms with van der Waals surface area (Å²) in [6.45, 7) is 2.17. The van der Waals surface area contributed by atoms with E-state index in [2.05, 4.69) is 12.2 Å². The first-order chi connectivity index (χ1) is 11.2. The van der Waals surface area contributed by atoms with Gasteiger partial charge in [-0.3, -0.25) is 4.79 Å². The molecule has 118 valence electrons. The van der Waals surface area contributed by atoms with Crippen LogP contribution in [0.3, 0.4) is 0 Å². The number of fused-ring (bicyclic) bond motifs is 1. The number of hydrogen-bond donors (Lipinski definition) is 1. The average molecular weight is 307 g/mol. The molecule has 1 aliphatic rings. The molecule has 0 saturated heterocycles. The topological polar surface area (TPSA) is 38.3 Å². The van der Waals surface area contributed by atoms with Crippen LogP contribution in [0, 0.1) is 0 Å². The van der Waals surface area contributed by atoms with Crippen LogP contribution in [0.4, 0.5) is 5.69 Å². The summed E-state index contributed by atoms with van der Waals surface area (Å²) < 4.78 is 5.24. The Hall–Kier alpha value is -2.55. The van der Waals surface area contributed by atoms with Crippen molar-refractivity contribution >= 4 is 22.7 Å². The molecule has 3 rings (SSSR count). The molecule has 0 atom stereocenters. The molecule has 0 aliphatic carbocycles. The molecule has 23 heavy (non-hydrogen) atoms. The van der Waals surface area contributed by atoms with E-state index in [1.165, 1.54) is 0 Å². The van der Waals surface area contributed by atoms with Gasteiger partial charge in [-0.1, -0.05) is 43.7 Å². The minimum atomic E-state index is -0.00637. The van der Waals surface area contributed by atoms with Crippen LogP contribution in [0.5, 0.6) is 5.75 Å². The maximum absolute atomic E-state index is 12.5. The standard InChI is InChI=1S/C20H21NO2/c1-3-4-7-16(14-10-12-15(23-2)13-11-14)19-17-8-5-6-9-18(17)21-20(19)22/h5-6,8-13H,3-4,7H2,1-2H3,(H,21,22)/b19-16+. The lowest BCUT2D eigenvalue weighted by molar-refractivity contribution is -0.110. The number of ether oxygens (including phenoxy) is 1. The molecule has 3 heteroatoms. The molecule has 2 aromatic rings. The number of methoxy groups -OCH3 is 1. The van der Waals surface area contributed by atoms with E-state index in [0.29, 0.717) is 0 Å². The summed E-state index contributed by atoms with van der Waals surface area (Å²) in [6, 6.07) is 15.8. The molecule has 0 fully saturated rings. The van der Waals surface area contributed by atoms with Crippen LogP contribution >= 0.6 is 0 Å². The van der Waals surface area contributed by atoms with Crippen LogP contribution in [0.2, 0.25) is 0 Å². The van der Waals surface area contributed by atoms with E-state index in [-0.39, 0.29) is 5.91 Å². The summed E-state index contributed by atoms with van der Waals surface area (Å²) in [5.41, 5.74) is 4.90. The van der Waals surface area contributed by atoms with Crippen LogP contribution in [0.25, 0.3) is 11.1 Å². The van der Waals surface area contributed by atoms with Gasteiger partial charge in [0.15, 0.2) is 0 Å². The number of carbonyl (C=O) groups is 1. The summed E-state index contributed by atoms with van der Waals surface area (Å²) in [7, 11) is 1.66. The molecule has 0 bridgehead atoms. The molecular weight excluding hydrogens is 286 g/mol. The molecule has 0 unspecified atom stereocenters. The highest BCUT2D eigenvalue weighted by molar-refractivity contribution is 6.36. The van der Waals surface area contributed by atoms with Crippen molar-refractivity contribution in [1.29, 1.82) is 0 Å². The second-order valence-electron chi connectivity index (χ2n) is 5.69. The fourth-order valence-electron chi connectivity index (χ4n) is 2.98. The van der Waals surface area contributed by atoms with Gasteiger partial charge in [0.1, 0.15) is 5.75 Å². The van der Waals surface area contributed by atoms with Crippen molar-refractivity contribution in [1.82, 2.24) is 0 Å². The smallest absolute Gasteiger partial charge is 0.256 e. The van der Waals surface area contributed by atoms with Gasteiger partial charge >= 0.3 is 0 Å². The number of unbranched alkanes of at least 4 members (excludes halogenated alkanes) is 1. The maximum atomic E-state index is 12.5. The lowest BCUT2D eigenvalue weighted by atomic mass is 9.91. The zero-order valence-corrected chi connectivity index (χ0v) is 13.6.